The lowest BCUT2D eigenvalue weighted by Crippen LogP contribution is -2.41. The second-order valence-electron chi connectivity index (χ2n) is 7.24. The standard InChI is InChI=1S/C20H21F2N3O2/c21-18-4-3-13(6-19(18)22)8-25-9-14-11-27-12-17(16(14)10-25)20(26)24-15-2-1-5-23-7-15/h1-7,14,16-17H,8-12H2,(H,24,26)/t14-,16-,17-/m1/s1. The number of likely N-dealkylation sites (tertiary alicyclic amines) is 1. The van der Waals surface area contributed by atoms with Crippen LogP contribution in [-0.2, 0) is 16.1 Å². The van der Waals surface area contributed by atoms with Gasteiger partial charge in [0, 0.05) is 25.8 Å². The number of ether oxygens (including phenoxy) is 1. The molecule has 0 unspecified atom stereocenters. The van der Waals surface area contributed by atoms with Crippen LogP contribution in [0.5, 0.6) is 0 Å². The molecule has 0 spiro atoms. The normalized spacial score (nSPS) is 25.2. The van der Waals surface area contributed by atoms with E-state index < -0.39 is 11.6 Å². The van der Waals surface area contributed by atoms with Gasteiger partial charge in [-0.05, 0) is 41.7 Å². The van der Waals surface area contributed by atoms with Crippen molar-refractivity contribution in [3.05, 3.63) is 59.9 Å². The van der Waals surface area contributed by atoms with Crippen molar-refractivity contribution in [3.8, 4) is 0 Å². The number of hydrogen-bond donors (Lipinski definition) is 1. The molecule has 142 valence electrons. The molecule has 2 aliphatic heterocycles. The zero-order valence-corrected chi connectivity index (χ0v) is 14.8. The van der Waals surface area contributed by atoms with Crippen molar-refractivity contribution in [3.63, 3.8) is 0 Å². The van der Waals surface area contributed by atoms with Gasteiger partial charge in [-0.1, -0.05) is 6.07 Å². The Morgan fingerprint density at radius 1 is 1.22 bits per heavy atom. The first-order valence-electron chi connectivity index (χ1n) is 9.05. The smallest absolute Gasteiger partial charge is 0.230 e. The Bertz CT molecular complexity index is 818. The number of halogens is 2. The van der Waals surface area contributed by atoms with Crippen LogP contribution in [0.4, 0.5) is 14.5 Å². The second kappa shape index (κ2) is 7.70. The number of nitrogens with zero attached hydrogens (tertiary/aromatic N) is 2. The van der Waals surface area contributed by atoms with Crippen LogP contribution in [0, 0.1) is 29.4 Å². The monoisotopic (exact) mass is 373 g/mol. The topological polar surface area (TPSA) is 54.5 Å². The Hall–Kier alpha value is -2.38. The molecule has 1 aromatic heterocycles. The van der Waals surface area contributed by atoms with Crippen LogP contribution < -0.4 is 5.32 Å². The minimum absolute atomic E-state index is 0.0626. The van der Waals surface area contributed by atoms with Gasteiger partial charge in [0.05, 0.1) is 31.0 Å². The van der Waals surface area contributed by atoms with Crippen LogP contribution in [0.15, 0.2) is 42.7 Å². The summed E-state index contributed by atoms with van der Waals surface area (Å²) in [4.78, 5) is 18.9. The highest BCUT2D eigenvalue weighted by Crippen LogP contribution is 2.35. The van der Waals surface area contributed by atoms with Gasteiger partial charge in [0.15, 0.2) is 11.6 Å². The lowest BCUT2D eigenvalue weighted by molar-refractivity contribution is -0.128. The first-order valence-corrected chi connectivity index (χ1v) is 9.05. The summed E-state index contributed by atoms with van der Waals surface area (Å²) in [6, 6.07) is 7.57. The summed E-state index contributed by atoms with van der Waals surface area (Å²) in [6.45, 7) is 3.06. The molecule has 27 heavy (non-hydrogen) atoms. The van der Waals surface area contributed by atoms with Gasteiger partial charge in [-0.25, -0.2) is 8.78 Å². The largest absolute Gasteiger partial charge is 0.380 e. The molecule has 4 rings (SSSR count). The van der Waals surface area contributed by atoms with Gasteiger partial charge in [-0.2, -0.15) is 0 Å². The molecule has 7 heteroatoms. The third kappa shape index (κ3) is 3.99. The maximum atomic E-state index is 13.5. The van der Waals surface area contributed by atoms with Crippen LogP contribution in [0.3, 0.4) is 0 Å². The Morgan fingerprint density at radius 2 is 2.11 bits per heavy atom. The predicted molar refractivity (Wildman–Crippen MR) is 95.8 cm³/mol. The van der Waals surface area contributed by atoms with E-state index in [-0.39, 0.29) is 23.7 Å². The third-order valence-electron chi connectivity index (χ3n) is 5.37. The highest BCUT2D eigenvalue weighted by molar-refractivity contribution is 5.92. The molecule has 1 N–H and O–H groups in total. The van der Waals surface area contributed by atoms with Gasteiger partial charge in [0.1, 0.15) is 0 Å². The highest BCUT2D eigenvalue weighted by Gasteiger charge is 2.43. The van der Waals surface area contributed by atoms with Crippen molar-refractivity contribution in [1.82, 2.24) is 9.88 Å². The van der Waals surface area contributed by atoms with Crippen molar-refractivity contribution >= 4 is 11.6 Å². The summed E-state index contributed by atoms with van der Waals surface area (Å²) in [5.74, 6) is -1.53. The van der Waals surface area contributed by atoms with E-state index >= 15 is 0 Å². The van der Waals surface area contributed by atoms with Crippen LogP contribution in [0.2, 0.25) is 0 Å². The van der Waals surface area contributed by atoms with E-state index in [0.717, 1.165) is 24.7 Å². The Morgan fingerprint density at radius 3 is 2.89 bits per heavy atom. The molecular weight excluding hydrogens is 352 g/mol. The molecule has 1 amide bonds. The summed E-state index contributed by atoms with van der Waals surface area (Å²) in [6.07, 6.45) is 3.27. The first-order chi connectivity index (χ1) is 13.1. The number of anilines is 1. The Balaban J connectivity index is 1.42. The number of pyridine rings is 1. The molecular formula is C20H21F2N3O2. The van der Waals surface area contributed by atoms with Crippen LogP contribution in [-0.4, -0.2) is 42.1 Å². The maximum Gasteiger partial charge on any atom is 0.230 e. The highest BCUT2D eigenvalue weighted by atomic mass is 19.2. The average Bonchev–Trinajstić information content (AvgIpc) is 3.08. The summed E-state index contributed by atoms with van der Waals surface area (Å²) < 4.78 is 32.2. The molecule has 3 heterocycles. The number of fused-ring (bicyclic) bond motifs is 1. The second-order valence-corrected chi connectivity index (χ2v) is 7.24. The van der Waals surface area contributed by atoms with E-state index in [0.29, 0.717) is 25.4 Å². The van der Waals surface area contributed by atoms with E-state index in [1.807, 2.05) is 0 Å². The number of benzene rings is 1. The molecule has 2 saturated heterocycles. The van der Waals surface area contributed by atoms with Gasteiger partial charge < -0.3 is 10.1 Å². The first kappa shape index (κ1) is 18.0. The third-order valence-corrected chi connectivity index (χ3v) is 5.37. The van der Waals surface area contributed by atoms with Crippen molar-refractivity contribution in [2.45, 2.75) is 6.54 Å². The number of aromatic nitrogens is 1. The van der Waals surface area contributed by atoms with Gasteiger partial charge in [-0.15, -0.1) is 0 Å². The number of amides is 1. The van der Waals surface area contributed by atoms with Crippen LogP contribution >= 0.6 is 0 Å². The average molecular weight is 373 g/mol. The van der Waals surface area contributed by atoms with Crippen LogP contribution in [0.25, 0.3) is 0 Å². The van der Waals surface area contributed by atoms with Crippen LogP contribution in [0.1, 0.15) is 5.56 Å². The number of rotatable bonds is 4. The molecule has 5 nitrogen and oxygen atoms in total. The molecule has 2 aromatic rings. The minimum Gasteiger partial charge on any atom is -0.380 e. The molecule has 2 aliphatic rings. The molecule has 2 fully saturated rings. The molecule has 0 bridgehead atoms. The van der Waals surface area contributed by atoms with E-state index in [4.69, 9.17) is 4.74 Å². The van der Waals surface area contributed by atoms with Crippen molar-refractivity contribution < 1.29 is 18.3 Å². The number of carbonyl (C=O) groups is 1. The van der Waals surface area contributed by atoms with Crippen molar-refractivity contribution in [2.75, 3.05) is 31.6 Å². The number of hydrogen-bond acceptors (Lipinski definition) is 4. The summed E-state index contributed by atoms with van der Waals surface area (Å²) in [5, 5.41) is 2.91. The molecule has 3 atom stereocenters. The van der Waals surface area contributed by atoms with Crippen molar-refractivity contribution in [1.29, 1.82) is 0 Å². The quantitative estimate of drug-likeness (QED) is 0.895. The van der Waals surface area contributed by atoms with E-state index in [1.165, 1.54) is 6.07 Å². The fraction of sp³-hybridized carbons (Fsp3) is 0.400. The molecule has 0 radical (unpaired) electrons. The maximum absolute atomic E-state index is 13.5. The minimum atomic E-state index is -0.839. The van der Waals surface area contributed by atoms with Gasteiger partial charge in [-0.3, -0.25) is 14.7 Å². The van der Waals surface area contributed by atoms with Gasteiger partial charge in [0.2, 0.25) is 5.91 Å². The predicted octanol–water partition coefficient (Wildman–Crippen LogP) is 2.69. The molecule has 1 aromatic carbocycles. The number of nitrogens with one attached hydrogen (secondary N) is 1. The van der Waals surface area contributed by atoms with E-state index in [9.17, 15) is 13.6 Å². The molecule has 0 saturated carbocycles. The Labute approximate surface area is 156 Å². The zero-order valence-electron chi connectivity index (χ0n) is 14.8. The van der Waals surface area contributed by atoms with E-state index in [1.54, 1.807) is 30.6 Å². The summed E-state index contributed by atoms with van der Waals surface area (Å²) >= 11 is 0. The fourth-order valence-corrected chi connectivity index (χ4v) is 4.06. The number of carbonyl (C=O) groups excluding carboxylic acids is 1. The lowest BCUT2D eigenvalue weighted by Gasteiger charge is -2.32. The summed E-state index contributed by atoms with van der Waals surface area (Å²) in [7, 11) is 0. The lowest BCUT2D eigenvalue weighted by atomic mass is 9.82. The fourth-order valence-electron chi connectivity index (χ4n) is 4.06. The summed E-state index contributed by atoms with van der Waals surface area (Å²) in [5.41, 5.74) is 1.39. The molecule has 0 aliphatic carbocycles. The van der Waals surface area contributed by atoms with Crippen molar-refractivity contribution in [2.24, 2.45) is 17.8 Å². The SMILES string of the molecule is O=C(Nc1cccnc1)[C@@H]1COC[C@H]2CN(Cc3ccc(F)c(F)c3)C[C@H]21. The van der Waals surface area contributed by atoms with Gasteiger partial charge >= 0.3 is 0 Å². The van der Waals surface area contributed by atoms with Gasteiger partial charge in [0.25, 0.3) is 0 Å². The zero-order chi connectivity index (χ0) is 18.8. The Kier molecular flexibility index (Phi) is 5.13. The van der Waals surface area contributed by atoms with E-state index in [2.05, 4.69) is 15.2 Å².